The first-order valence-corrected chi connectivity index (χ1v) is 53.3. The van der Waals surface area contributed by atoms with E-state index in [2.05, 4.69) is 224 Å². The molecular weight excluding hydrogens is 2470 g/mol. The molecule has 0 spiro atoms. The number of nitro groups is 4. The molecule has 0 heterocycles. The van der Waals surface area contributed by atoms with Crippen molar-refractivity contribution in [2.75, 3.05) is 310 Å². The van der Waals surface area contributed by atoms with Crippen LogP contribution >= 0.6 is 67.8 Å². The molecule has 0 atom stereocenters. The number of unbranched alkanes of at least 4 members (excludes halogenated alkanes) is 6. The molecule has 0 aliphatic heterocycles. The number of nitrogens with one attached hydrogen (secondary N) is 6. The van der Waals surface area contributed by atoms with Crippen LogP contribution in [0.3, 0.4) is 0 Å². The van der Waals surface area contributed by atoms with E-state index in [0.29, 0.717) is 84.6 Å². The van der Waals surface area contributed by atoms with Crippen LogP contribution in [0.5, 0.6) is 0 Å². The summed E-state index contributed by atoms with van der Waals surface area (Å²) < 4.78 is 86.3. The Hall–Kier alpha value is -4.10. The van der Waals surface area contributed by atoms with Gasteiger partial charge in [0, 0.05) is 157 Å². The summed E-state index contributed by atoms with van der Waals surface area (Å²) in [4.78, 5) is 96.1. The normalized spacial score (nSPS) is 10.6. The third kappa shape index (κ3) is 113. The number of carbonyl (C=O) groups is 2. The molecule has 50 heteroatoms. The van der Waals surface area contributed by atoms with Crippen LogP contribution in [0, 0.1) is 40.5 Å². The molecule has 0 radical (unpaired) electrons. The van der Waals surface area contributed by atoms with Gasteiger partial charge in [0.1, 0.15) is 31.0 Å². The Balaban J connectivity index is -0.000000237. The number of amides is 2. The predicted molar refractivity (Wildman–Crippen MR) is 556 cm³/mol. The topological polar surface area (TPSA) is 505 Å². The maximum Gasteiger partial charge on any atom is 0.299 e. The zero-order valence-corrected chi connectivity index (χ0v) is 97.5. The van der Waals surface area contributed by atoms with Crippen molar-refractivity contribution in [3.63, 3.8) is 0 Å². The molecule has 2 rings (SSSR count). The summed E-state index contributed by atoms with van der Waals surface area (Å²) in [5.74, 6) is 0.0773. The molecule has 42 nitrogen and oxygen atoms in total. The van der Waals surface area contributed by atoms with Crippen LogP contribution in [0.4, 0.5) is 34.1 Å². The number of hydrogen-bond acceptors (Lipinski definition) is 31. The van der Waals surface area contributed by atoms with Gasteiger partial charge in [-0.3, -0.25) is 50.0 Å². The average molecular weight is 2640 g/mol. The standard InChI is InChI=1S/C19H31N6O5.C16H32N4O2.C15H33N4O3S.C12H16IN3O5.C8H16INO2.C8H17N3.C7H16INO3S.3HI/c1-4-20-16-21-10-11-25(2,3)12-14-30-13-6-5-9-22-18-8-7-17(23(26)27)15-19(18)24(28)29;1-5-17-15-18-9-8-11-20(3,4)12-14-22-13-7-6-10-19-16(2)21;1-5-16-15-17-9-8-11-19(2,3)12-14-22-13-7-6-10-18-23(4,20)21;13-5-8-21-7-2-1-6-14-11-4-3-10(15(17)18)9-12(11)16(19)20;1-8(11)10-5-2-3-6-12-7-4-9;1-4-9-8-10-6-5-7-11(2)3;1-13(10,11)9-5-2-3-6-12-7-4-8;;;/h7-8,15,22H,4-6,9-14H2,1-3H3;5-14H2,1-4H3;18H,5-14H2,1-4H3;3-4,9,14H,1-2,5-8H2;2-7H2,1H3,(H,10,11);4-7H2,1-3H3;9H,2-7H2,1H3;3*1H/q+1;;+1;;;;;;;/p-2. The number of anilines is 2. The number of alkyl halides is 3. The van der Waals surface area contributed by atoms with Gasteiger partial charge in [0.05, 0.1) is 196 Å². The Morgan fingerprint density at radius 2 is 0.652 bits per heavy atom. The van der Waals surface area contributed by atoms with Crippen LogP contribution in [0.2, 0.25) is 0 Å². The van der Waals surface area contributed by atoms with Crippen molar-refractivity contribution in [2.45, 2.75) is 138 Å². The fourth-order valence-electron chi connectivity index (χ4n) is 10.0. The second kappa shape index (κ2) is 101. The summed E-state index contributed by atoms with van der Waals surface area (Å²) in [5, 5.41) is 54.8. The minimum absolute atomic E-state index is 0. The van der Waals surface area contributed by atoms with Gasteiger partial charge in [0.25, 0.3) is 22.7 Å². The number of nitro benzene ring substituents is 4. The Labute approximate surface area is 898 Å². The highest BCUT2D eigenvalue weighted by Crippen LogP contribution is 2.30. The molecule has 0 unspecified atom stereocenters. The van der Waals surface area contributed by atoms with Gasteiger partial charge in [-0.25, -0.2) is 66.2 Å². The van der Waals surface area contributed by atoms with E-state index in [1.165, 1.54) is 43.7 Å². The smallest absolute Gasteiger partial charge is 0.299 e. The Bertz CT molecular complexity index is 3820. The highest BCUT2D eigenvalue weighted by Gasteiger charge is 2.22. The van der Waals surface area contributed by atoms with E-state index < -0.39 is 39.7 Å². The molecule has 0 fully saturated rings. The average Bonchev–Trinajstić information content (AvgIpc) is 0.843. The monoisotopic (exact) mass is 2640 g/mol. The number of carbonyl (C=O) groups excluding carboxylic acids is 2. The van der Waals surface area contributed by atoms with Gasteiger partial charge in [0.15, 0.2) is 0 Å². The van der Waals surface area contributed by atoms with Gasteiger partial charge in [-0.2, -0.15) is 0 Å². The number of quaternary nitrogens is 3. The maximum absolute atomic E-state index is 11.1. The van der Waals surface area contributed by atoms with Gasteiger partial charge in [-0.05, 0) is 144 Å². The van der Waals surface area contributed by atoms with Gasteiger partial charge in [0.2, 0.25) is 31.9 Å². The number of likely N-dealkylation sites (N-methyl/N-ethyl adjacent to an activating group) is 3. The number of halogens is 6. The summed E-state index contributed by atoms with van der Waals surface area (Å²) in [7, 11) is 11.1. The Kier molecular flexibility index (Phi) is 110. The van der Waals surface area contributed by atoms with E-state index in [0.717, 1.165) is 273 Å². The van der Waals surface area contributed by atoms with Crippen LogP contribution in [-0.2, 0) is 58.1 Å². The SMILES string of the molecule is CC(=O)NCCCCOCCI.CCN=C=NCCCN(C)C.CCN=C=NCCC[N+](C)(C)CCOCCCCNC(C)=O.CCN=C=NCCC[N+](C)(C)CCOCCCCNS(C)(=O)=O.CCN=C=NCC[N+](C)(C)CCOCCCCNc1ccc([N+](=O)[O-])cc1[N+](=O)[O-].CS(=O)(=O)NCCCCOCCI.O=[N+]([O-])c1ccc(NCCCCOCCI)c([N+](=O)[O-])c1.[I-].[I-].[I-]. The third-order valence-electron chi connectivity index (χ3n) is 17.3. The summed E-state index contributed by atoms with van der Waals surface area (Å²) in [6.45, 7) is 36.1. The molecule has 2 amide bonds. The lowest BCUT2D eigenvalue weighted by molar-refractivity contribution is -0.890. The van der Waals surface area contributed by atoms with Crippen molar-refractivity contribution in [1.29, 1.82) is 0 Å². The van der Waals surface area contributed by atoms with Crippen LogP contribution in [0.1, 0.15) is 138 Å². The summed E-state index contributed by atoms with van der Waals surface area (Å²) in [5.41, 5.74) is -0.616. The second-order valence-corrected chi connectivity index (χ2v) is 38.3. The molecular formula is C85H162I6N22O20S2. The molecule has 2 aromatic carbocycles. The molecule has 0 aliphatic carbocycles. The number of aliphatic imine (C=N–C) groups is 8. The van der Waals surface area contributed by atoms with Gasteiger partial charge in [-0.15, -0.1) is 0 Å². The lowest BCUT2D eigenvalue weighted by atomic mass is 10.2. The molecule has 0 aromatic heterocycles. The van der Waals surface area contributed by atoms with Crippen LogP contribution in [0.25, 0.3) is 0 Å². The first-order valence-electron chi connectivity index (χ1n) is 45.0. The molecule has 135 heavy (non-hydrogen) atoms. The van der Waals surface area contributed by atoms with E-state index in [1.54, 1.807) is 6.92 Å². The largest absolute Gasteiger partial charge is 1.00 e. The quantitative estimate of drug-likeness (QED) is 0.0105. The number of non-ortho nitro benzene ring substituents is 2. The predicted octanol–water partition coefficient (Wildman–Crippen LogP) is 2.97. The van der Waals surface area contributed by atoms with E-state index >= 15 is 0 Å². The lowest BCUT2D eigenvalue weighted by Gasteiger charge is -2.29. The van der Waals surface area contributed by atoms with Crippen LogP contribution in [-0.4, -0.2) is 390 Å². The van der Waals surface area contributed by atoms with Gasteiger partial charge < -0.3 is 140 Å². The number of rotatable bonds is 72. The van der Waals surface area contributed by atoms with Crippen molar-refractivity contribution in [3.8, 4) is 0 Å². The highest BCUT2D eigenvalue weighted by atomic mass is 127. The van der Waals surface area contributed by atoms with E-state index in [-0.39, 0.29) is 112 Å². The van der Waals surface area contributed by atoms with Crippen molar-refractivity contribution < 1.29 is 160 Å². The molecule has 0 saturated carbocycles. The number of benzene rings is 2. The zero-order chi connectivity index (χ0) is 100. The number of nitrogens with zero attached hydrogens (tertiary/aromatic N) is 16. The van der Waals surface area contributed by atoms with Crippen LogP contribution < -0.4 is 103 Å². The van der Waals surface area contributed by atoms with E-state index in [1.807, 2.05) is 27.7 Å². The summed E-state index contributed by atoms with van der Waals surface area (Å²) in [6.07, 6.45) is 16.1. The Morgan fingerprint density at radius 1 is 0.378 bits per heavy atom. The summed E-state index contributed by atoms with van der Waals surface area (Å²) in [6, 6.07) is 17.8. The molecule has 0 saturated heterocycles. The van der Waals surface area contributed by atoms with Crippen LogP contribution in [0.15, 0.2) is 76.3 Å². The van der Waals surface area contributed by atoms with Crippen molar-refractivity contribution in [2.24, 2.45) is 39.9 Å². The maximum atomic E-state index is 11.1. The first kappa shape index (κ1) is 146. The third-order valence-corrected chi connectivity index (χ3v) is 20.1. The minimum Gasteiger partial charge on any atom is -1.00 e. The second-order valence-electron chi connectivity index (χ2n) is 31.4. The fourth-order valence-corrected chi connectivity index (χ4v) is 12.0. The molecule has 0 bridgehead atoms. The van der Waals surface area contributed by atoms with Crippen molar-refractivity contribution in [3.05, 3.63) is 76.9 Å². The van der Waals surface area contributed by atoms with E-state index in [4.69, 9.17) is 28.4 Å². The van der Waals surface area contributed by atoms with E-state index in [9.17, 15) is 66.9 Å². The van der Waals surface area contributed by atoms with Gasteiger partial charge >= 0.3 is 0 Å². The highest BCUT2D eigenvalue weighted by molar-refractivity contribution is 14.1. The number of sulfonamides is 2. The molecule has 6 N–H and O–H groups in total. The van der Waals surface area contributed by atoms with Crippen molar-refractivity contribution in [1.82, 2.24) is 25.0 Å². The fraction of sp³-hybridized carbons (Fsp3) is 0.788. The molecule has 786 valence electrons. The minimum atomic E-state index is -3.07. The number of hydrogen-bond donors (Lipinski definition) is 6. The number of ether oxygens (including phenoxy) is 6. The molecule has 2 aromatic rings. The van der Waals surface area contributed by atoms with Crippen molar-refractivity contribution >= 4 is 158 Å². The Morgan fingerprint density at radius 3 is 0.919 bits per heavy atom. The first-order chi connectivity index (χ1) is 62.7. The van der Waals surface area contributed by atoms with Gasteiger partial charge in [-0.1, -0.05) is 67.8 Å². The zero-order valence-electron chi connectivity index (χ0n) is 82.9. The summed E-state index contributed by atoms with van der Waals surface area (Å²) >= 11 is 6.76. The molecule has 0 aliphatic rings. The lowest BCUT2D eigenvalue weighted by Crippen LogP contribution is -3.00.